The number of fused-ring (bicyclic) bond motifs is 11. The molecule has 282 valence electrons. The van der Waals surface area contributed by atoms with Crippen LogP contribution in [0.3, 0.4) is 0 Å². The molecule has 3 heteroatoms. The van der Waals surface area contributed by atoms with Crippen molar-refractivity contribution in [3.8, 4) is 22.3 Å². The number of allylic oxidation sites excluding steroid dienone is 1. The Morgan fingerprint density at radius 1 is 0.450 bits per heavy atom. The number of aliphatic imine (C=N–C) groups is 1. The van der Waals surface area contributed by atoms with Crippen LogP contribution < -0.4 is 10.2 Å². The van der Waals surface area contributed by atoms with Gasteiger partial charge in [0.1, 0.15) is 6.17 Å². The maximum atomic E-state index is 5.48. The van der Waals surface area contributed by atoms with Gasteiger partial charge in [-0.15, -0.1) is 0 Å². The second-order valence-electron chi connectivity index (χ2n) is 15.9. The Labute approximate surface area is 350 Å². The molecular weight excluding hydrogens is 727 g/mol. The highest BCUT2D eigenvalue weighted by atomic mass is 15.2. The minimum absolute atomic E-state index is 0.327. The van der Waals surface area contributed by atoms with Crippen molar-refractivity contribution in [3.05, 3.63) is 263 Å². The van der Waals surface area contributed by atoms with Gasteiger partial charge < -0.3 is 10.2 Å². The second kappa shape index (κ2) is 13.7. The van der Waals surface area contributed by atoms with Crippen molar-refractivity contribution in [3.63, 3.8) is 0 Å². The fourth-order valence-corrected chi connectivity index (χ4v) is 10.1. The van der Waals surface area contributed by atoms with Crippen molar-refractivity contribution in [2.75, 3.05) is 4.90 Å². The number of benzene rings is 9. The monoisotopic (exact) mass is 765 g/mol. The van der Waals surface area contributed by atoms with Crippen LogP contribution in [0.25, 0.3) is 38.7 Å². The molecule has 9 aromatic rings. The van der Waals surface area contributed by atoms with E-state index < -0.39 is 5.41 Å². The van der Waals surface area contributed by atoms with Crippen molar-refractivity contribution in [1.82, 2.24) is 5.32 Å². The summed E-state index contributed by atoms with van der Waals surface area (Å²) in [7, 11) is 0. The number of hydrogen-bond donors (Lipinski definition) is 1. The van der Waals surface area contributed by atoms with Crippen LogP contribution in [0.4, 0.5) is 17.1 Å². The first-order valence-electron chi connectivity index (χ1n) is 20.7. The molecule has 1 unspecified atom stereocenters. The fourth-order valence-electron chi connectivity index (χ4n) is 10.1. The Bertz CT molecular complexity index is 3120. The van der Waals surface area contributed by atoms with Gasteiger partial charge in [0.2, 0.25) is 0 Å². The highest BCUT2D eigenvalue weighted by Gasteiger charge is 2.52. The quantitative estimate of drug-likeness (QED) is 0.189. The summed E-state index contributed by atoms with van der Waals surface area (Å²) in [5.41, 5.74) is 18.3. The minimum atomic E-state index is -0.588. The third kappa shape index (κ3) is 5.19. The van der Waals surface area contributed by atoms with Crippen LogP contribution in [0.15, 0.2) is 229 Å². The third-order valence-corrected chi connectivity index (χ3v) is 12.7. The molecule has 9 aromatic carbocycles. The van der Waals surface area contributed by atoms with Gasteiger partial charge in [-0.05, 0) is 108 Å². The molecular formula is C57H39N3. The number of rotatable bonds is 5. The molecule has 3 nitrogen and oxygen atoms in total. The van der Waals surface area contributed by atoms with Gasteiger partial charge in [-0.25, -0.2) is 0 Å². The van der Waals surface area contributed by atoms with Gasteiger partial charge in [-0.2, -0.15) is 0 Å². The molecule has 0 aromatic heterocycles. The van der Waals surface area contributed by atoms with Crippen molar-refractivity contribution < 1.29 is 0 Å². The molecule has 0 saturated carbocycles. The van der Waals surface area contributed by atoms with E-state index in [0.29, 0.717) is 0 Å². The lowest BCUT2D eigenvalue weighted by Gasteiger charge is -2.45. The van der Waals surface area contributed by atoms with Gasteiger partial charge in [-0.1, -0.05) is 188 Å². The molecule has 12 rings (SSSR count). The Hall–Kier alpha value is -7.75. The SMILES string of the molecule is C1=C(c2ccc(-c3ccccc3)cc2)NC(c2ccc3c(c2)C2(c4ccccc4N(c4ccccc4)c4ccccc42)c2ccc4ccccc4c2-3)N=C1c1ccccc1. The van der Waals surface area contributed by atoms with E-state index in [9.17, 15) is 0 Å². The number of hydrogen-bond acceptors (Lipinski definition) is 3. The zero-order valence-electron chi connectivity index (χ0n) is 32.8. The Kier molecular flexibility index (Phi) is 7.82. The summed E-state index contributed by atoms with van der Waals surface area (Å²) in [4.78, 5) is 7.92. The van der Waals surface area contributed by atoms with E-state index in [2.05, 4.69) is 235 Å². The van der Waals surface area contributed by atoms with E-state index in [1.165, 1.54) is 66.7 Å². The summed E-state index contributed by atoms with van der Waals surface area (Å²) < 4.78 is 0. The van der Waals surface area contributed by atoms with Crippen molar-refractivity contribution in [2.45, 2.75) is 11.6 Å². The number of anilines is 3. The molecule has 1 aliphatic carbocycles. The van der Waals surface area contributed by atoms with Gasteiger partial charge in [0, 0.05) is 11.4 Å². The molecule has 0 amide bonds. The number of para-hydroxylation sites is 3. The van der Waals surface area contributed by atoms with E-state index in [-0.39, 0.29) is 6.17 Å². The topological polar surface area (TPSA) is 27.6 Å². The maximum absolute atomic E-state index is 5.48. The summed E-state index contributed by atoms with van der Waals surface area (Å²) in [5.74, 6) is 0. The average molecular weight is 766 g/mol. The predicted octanol–water partition coefficient (Wildman–Crippen LogP) is 13.8. The van der Waals surface area contributed by atoms with Crippen LogP contribution in [0.5, 0.6) is 0 Å². The Morgan fingerprint density at radius 3 is 1.75 bits per heavy atom. The van der Waals surface area contributed by atoms with Crippen LogP contribution in [0, 0.1) is 0 Å². The molecule has 60 heavy (non-hydrogen) atoms. The first-order chi connectivity index (χ1) is 29.8. The van der Waals surface area contributed by atoms with Gasteiger partial charge in [-0.3, -0.25) is 4.99 Å². The summed E-state index contributed by atoms with van der Waals surface area (Å²) >= 11 is 0. The van der Waals surface area contributed by atoms with Crippen LogP contribution >= 0.6 is 0 Å². The second-order valence-corrected chi connectivity index (χ2v) is 15.9. The van der Waals surface area contributed by atoms with Crippen molar-refractivity contribution in [1.29, 1.82) is 0 Å². The molecule has 2 aliphatic heterocycles. The maximum Gasteiger partial charge on any atom is 0.145 e. The van der Waals surface area contributed by atoms with E-state index in [0.717, 1.165) is 33.8 Å². The Morgan fingerprint density at radius 2 is 1.03 bits per heavy atom. The molecule has 1 N–H and O–H groups in total. The van der Waals surface area contributed by atoms with Gasteiger partial charge in [0.05, 0.1) is 22.5 Å². The highest BCUT2D eigenvalue weighted by molar-refractivity contribution is 6.13. The zero-order chi connectivity index (χ0) is 39.6. The lowest BCUT2D eigenvalue weighted by Crippen LogP contribution is -2.36. The molecule has 0 radical (unpaired) electrons. The van der Waals surface area contributed by atoms with E-state index in [1.54, 1.807) is 0 Å². The van der Waals surface area contributed by atoms with Crippen LogP contribution in [-0.4, -0.2) is 5.71 Å². The summed E-state index contributed by atoms with van der Waals surface area (Å²) in [6.45, 7) is 0. The molecule has 0 fully saturated rings. The minimum Gasteiger partial charge on any atom is -0.360 e. The standard InChI is InChI=1S/C57H39N3/c1-4-16-38(17-5-1)39-28-30-42(31-29-39)52-37-51(41-19-6-2-7-20-41)58-56(59-52)43-32-34-46-50(36-43)57(49-35-33-40-18-10-11-23-45(40)55(46)49)47-24-12-14-26-53(47)60(44-21-8-3-9-22-44)54-27-15-13-25-48(54)57/h1-37,56,59H. The van der Waals surface area contributed by atoms with E-state index in [4.69, 9.17) is 4.99 Å². The molecule has 0 bridgehead atoms. The first kappa shape index (κ1) is 34.3. The van der Waals surface area contributed by atoms with Crippen molar-refractivity contribution >= 4 is 39.2 Å². The zero-order valence-corrected chi connectivity index (χ0v) is 32.8. The van der Waals surface area contributed by atoms with Crippen molar-refractivity contribution in [2.24, 2.45) is 4.99 Å². The lowest BCUT2D eigenvalue weighted by atomic mass is 9.64. The predicted molar refractivity (Wildman–Crippen MR) is 248 cm³/mol. The fraction of sp³-hybridized carbons (Fsp3) is 0.0351. The highest BCUT2D eigenvalue weighted by Crippen LogP contribution is 2.64. The molecule has 2 heterocycles. The largest absolute Gasteiger partial charge is 0.360 e. The molecule has 0 saturated heterocycles. The molecule has 1 atom stereocenters. The van der Waals surface area contributed by atoms with Crippen LogP contribution in [-0.2, 0) is 5.41 Å². The smallest absolute Gasteiger partial charge is 0.145 e. The Balaban J connectivity index is 1.07. The average Bonchev–Trinajstić information content (AvgIpc) is 3.63. The molecule has 3 aliphatic rings. The summed E-state index contributed by atoms with van der Waals surface area (Å²) in [5, 5.41) is 6.42. The third-order valence-electron chi connectivity index (χ3n) is 12.7. The van der Waals surface area contributed by atoms with Gasteiger partial charge in [0.15, 0.2) is 0 Å². The summed E-state index contributed by atoms with van der Waals surface area (Å²) in [6, 6.07) is 79.5. The van der Waals surface area contributed by atoms with Gasteiger partial charge >= 0.3 is 0 Å². The summed E-state index contributed by atoms with van der Waals surface area (Å²) in [6.07, 6.45) is 1.87. The molecule has 1 spiro atoms. The normalized spacial score (nSPS) is 15.6. The van der Waals surface area contributed by atoms with E-state index in [1.807, 2.05) is 0 Å². The first-order valence-corrected chi connectivity index (χ1v) is 20.7. The number of nitrogens with zero attached hydrogens (tertiary/aromatic N) is 2. The van der Waals surface area contributed by atoms with E-state index >= 15 is 0 Å². The van der Waals surface area contributed by atoms with Crippen LogP contribution in [0.1, 0.15) is 45.1 Å². The lowest BCUT2D eigenvalue weighted by molar-refractivity contribution is 0.660. The van der Waals surface area contributed by atoms with Gasteiger partial charge in [0.25, 0.3) is 0 Å². The van der Waals surface area contributed by atoms with Crippen LogP contribution in [0.2, 0.25) is 0 Å². The number of nitrogens with one attached hydrogen (secondary N) is 1.